The predicted octanol–water partition coefficient (Wildman–Crippen LogP) is 2.49. The van der Waals surface area contributed by atoms with Gasteiger partial charge in [-0.3, -0.25) is 4.90 Å². The topological polar surface area (TPSA) is 32.3 Å². The molecule has 80 valence electrons. The van der Waals surface area contributed by atoms with Crippen molar-refractivity contribution in [1.29, 1.82) is 0 Å². The molecule has 0 spiro atoms. The zero-order valence-electron chi connectivity index (χ0n) is 8.80. The summed E-state index contributed by atoms with van der Waals surface area (Å²) in [5.74, 6) is 0. The Kier molecular flexibility index (Phi) is 2.57. The molecule has 0 aliphatic carbocycles. The Morgan fingerprint density at radius 1 is 1.40 bits per heavy atom. The van der Waals surface area contributed by atoms with Crippen molar-refractivity contribution in [1.82, 2.24) is 5.32 Å². The van der Waals surface area contributed by atoms with Crippen molar-refractivity contribution < 1.29 is 4.79 Å². The quantitative estimate of drug-likeness (QED) is 0.781. The lowest BCUT2D eigenvalue weighted by atomic mass is 10.1. The van der Waals surface area contributed by atoms with Crippen LogP contribution in [0.3, 0.4) is 0 Å². The van der Waals surface area contributed by atoms with E-state index in [1.807, 2.05) is 26.0 Å². The molecule has 1 saturated heterocycles. The van der Waals surface area contributed by atoms with Gasteiger partial charge in [-0.1, -0.05) is 17.7 Å². The molecule has 2 amide bonds. The number of nitrogens with one attached hydrogen (secondary N) is 1. The molecule has 0 unspecified atom stereocenters. The average Bonchev–Trinajstić information content (AvgIpc) is 2.60. The zero-order valence-corrected chi connectivity index (χ0v) is 9.56. The van der Waals surface area contributed by atoms with Gasteiger partial charge < -0.3 is 5.32 Å². The predicted molar refractivity (Wildman–Crippen MR) is 61.7 cm³/mol. The summed E-state index contributed by atoms with van der Waals surface area (Å²) >= 11 is 6.13. The summed E-state index contributed by atoms with van der Waals surface area (Å²) in [4.78, 5) is 13.2. The number of carbonyl (C=O) groups is 1. The molecule has 0 aromatic heterocycles. The molecule has 0 radical (unpaired) electrons. The van der Waals surface area contributed by atoms with Gasteiger partial charge in [-0.15, -0.1) is 0 Å². The van der Waals surface area contributed by atoms with E-state index in [0.29, 0.717) is 18.1 Å². The number of aryl methyl sites for hydroxylation is 1. The summed E-state index contributed by atoms with van der Waals surface area (Å²) in [5, 5.41) is 3.40. The van der Waals surface area contributed by atoms with Gasteiger partial charge in [0.25, 0.3) is 0 Å². The van der Waals surface area contributed by atoms with E-state index < -0.39 is 0 Å². The van der Waals surface area contributed by atoms with Crippen molar-refractivity contribution in [3.8, 4) is 0 Å². The first kappa shape index (κ1) is 10.3. The van der Waals surface area contributed by atoms with Crippen molar-refractivity contribution in [2.45, 2.75) is 13.8 Å². The number of urea groups is 1. The molecule has 1 fully saturated rings. The first-order valence-electron chi connectivity index (χ1n) is 4.92. The third-order valence-electron chi connectivity index (χ3n) is 2.78. The number of hydrogen-bond acceptors (Lipinski definition) is 1. The highest BCUT2D eigenvalue weighted by molar-refractivity contribution is 6.34. The molecule has 0 saturated carbocycles. The summed E-state index contributed by atoms with van der Waals surface area (Å²) in [5.41, 5.74) is 3.06. The molecular weight excluding hydrogens is 212 g/mol. The Balaban J connectivity index is 2.51. The molecule has 15 heavy (non-hydrogen) atoms. The van der Waals surface area contributed by atoms with Crippen LogP contribution in [-0.4, -0.2) is 19.1 Å². The first-order valence-corrected chi connectivity index (χ1v) is 5.30. The number of nitrogens with zero attached hydrogens (tertiary/aromatic N) is 1. The fraction of sp³-hybridized carbons (Fsp3) is 0.364. The minimum Gasteiger partial charge on any atom is -0.336 e. The van der Waals surface area contributed by atoms with Gasteiger partial charge in [0.15, 0.2) is 0 Å². The van der Waals surface area contributed by atoms with E-state index in [0.717, 1.165) is 16.8 Å². The number of benzene rings is 1. The number of rotatable bonds is 1. The Hall–Kier alpha value is -1.22. The van der Waals surface area contributed by atoms with Gasteiger partial charge in [0.2, 0.25) is 0 Å². The standard InChI is InChI=1S/C11H13ClN2O/c1-7-3-4-9(12)10(8(7)2)14-6-5-13-11(14)15/h3-4H,5-6H2,1-2H3,(H,13,15). The van der Waals surface area contributed by atoms with Crippen molar-refractivity contribution in [3.63, 3.8) is 0 Å². The summed E-state index contributed by atoms with van der Waals surface area (Å²) in [6, 6.07) is 3.74. The normalized spacial score (nSPS) is 15.7. The van der Waals surface area contributed by atoms with E-state index in [-0.39, 0.29) is 6.03 Å². The summed E-state index contributed by atoms with van der Waals surface area (Å²) in [6.07, 6.45) is 0. The summed E-state index contributed by atoms with van der Waals surface area (Å²) in [6.45, 7) is 5.37. The highest BCUT2D eigenvalue weighted by Gasteiger charge is 2.24. The number of hydrogen-bond donors (Lipinski definition) is 1. The first-order chi connectivity index (χ1) is 7.11. The molecule has 1 aromatic rings. The maximum absolute atomic E-state index is 11.5. The van der Waals surface area contributed by atoms with Crippen LogP contribution in [0.15, 0.2) is 12.1 Å². The average molecular weight is 225 g/mol. The molecule has 1 N–H and O–H groups in total. The van der Waals surface area contributed by atoms with E-state index in [4.69, 9.17) is 11.6 Å². The molecule has 0 atom stereocenters. The Bertz CT molecular complexity index is 417. The van der Waals surface area contributed by atoms with Crippen LogP contribution in [0, 0.1) is 13.8 Å². The molecule has 3 nitrogen and oxygen atoms in total. The van der Waals surface area contributed by atoms with Crippen molar-refractivity contribution in [3.05, 3.63) is 28.3 Å². The minimum absolute atomic E-state index is 0.0643. The Morgan fingerprint density at radius 3 is 2.73 bits per heavy atom. The molecule has 1 aliphatic rings. The van der Waals surface area contributed by atoms with Crippen LogP contribution in [0.25, 0.3) is 0 Å². The Morgan fingerprint density at radius 2 is 2.13 bits per heavy atom. The molecule has 0 bridgehead atoms. The molecule has 1 aliphatic heterocycles. The summed E-state index contributed by atoms with van der Waals surface area (Å²) < 4.78 is 0. The molecule has 4 heteroatoms. The molecule has 1 aromatic carbocycles. The molecule has 2 rings (SSSR count). The SMILES string of the molecule is Cc1ccc(Cl)c(N2CCNC2=O)c1C. The number of halogens is 1. The molecule has 1 heterocycles. The van der Waals surface area contributed by atoms with Gasteiger partial charge in [-0.2, -0.15) is 0 Å². The van der Waals surface area contributed by atoms with Crippen LogP contribution in [-0.2, 0) is 0 Å². The van der Waals surface area contributed by atoms with Gasteiger partial charge in [0.1, 0.15) is 0 Å². The maximum atomic E-state index is 11.5. The van der Waals surface area contributed by atoms with Gasteiger partial charge in [-0.05, 0) is 31.0 Å². The lowest BCUT2D eigenvalue weighted by molar-refractivity contribution is 0.252. The second-order valence-electron chi connectivity index (χ2n) is 3.72. The number of anilines is 1. The van der Waals surface area contributed by atoms with E-state index in [9.17, 15) is 4.79 Å². The van der Waals surface area contributed by atoms with Crippen LogP contribution in [0.4, 0.5) is 10.5 Å². The third kappa shape index (κ3) is 1.67. The van der Waals surface area contributed by atoms with Crippen LogP contribution < -0.4 is 10.2 Å². The fourth-order valence-electron chi connectivity index (χ4n) is 1.78. The third-order valence-corrected chi connectivity index (χ3v) is 3.08. The number of carbonyl (C=O) groups excluding carboxylic acids is 1. The maximum Gasteiger partial charge on any atom is 0.322 e. The second kappa shape index (κ2) is 3.74. The number of amides is 2. The largest absolute Gasteiger partial charge is 0.336 e. The van der Waals surface area contributed by atoms with Gasteiger partial charge in [0, 0.05) is 13.1 Å². The van der Waals surface area contributed by atoms with Gasteiger partial charge in [-0.25, -0.2) is 4.79 Å². The van der Waals surface area contributed by atoms with E-state index >= 15 is 0 Å². The lowest BCUT2D eigenvalue weighted by Crippen LogP contribution is -2.28. The van der Waals surface area contributed by atoms with Crippen molar-refractivity contribution >= 4 is 23.3 Å². The second-order valence-corrected chi connectivity index (χ2v) is 4.13. The van der Waals surface area contributed by atoms with E-state index in [2.05, 4.69) is 5.32 Å². The van der Waals surface area contributed by atoms with Crippen molar-refractivity contribution in [2.24, 2.45) is 0 Å². The van der Waals surface area contributed by atoms with Gasteiger partial charge in [0.05, 0.1) is 10.7 Å². The lowest BCUT2D eigenvalue weighted by Gasteiger charge is -2.19. The highest BCUT2D eigenvalue weighted by atomic mass is 35.5. The van der Waals surface area contributed by atoms with Crippen molar-refractivity contribution in [2.75, 3.05) is 18.0 Å². The Labute approximate surface area is 94.0 Å². The smallest absolute Gasteiger partial charge is 0.322 e. The fourth-order valence-corrected chi connectivity index (χ4v) is 2.09. The monoisotopic (exact) mass is 224 g/mol. The molecular formula is C11H13ClN2O. The summed E-state index contributed by atoms with van der Waals surface area (Å²) in [7, 11) is 0. The van der Waals surface area contributed by atoms with Crippen LogP contribution >= 0.6 is 11.6 Å². The van der Waals surface area contributed by atoms with Crippen LogP contribution in [0.1, 0.15) is 11.1 Å². The van der Waals surface area contributed by atoms with E-state index in [1.54, 1.807) is 4.90 Å². The highest BCUT2D eigenvalue weighted by Crippen LogP contribution is 2.32. The zero-order chi connectivity index (χ0) is 11.0. The van der Waals surface area contributed by atoms with Crippen LogP contribution in [0.5, 0.6) is 0 Å². The van der Waals surface area contributed by atoms with E-state index in [1.165, 1.54) is 0 Å². The van der Waals surface area contributed by atoms with Crippen LogP contribution in [0.2, 0.25) is 5.02 Å². The van der Waals surface area contributed by atoms with Gasteiger partial charge >= 0.3 is 6.03 Å². The minimum atomic E-state index is -0.0643.